The lowest BCUT2D eigenvalue weighted by molar-refractivity contribution is 0.355. The van der Waals surface area contributed by atoms with E-state index in [1.54, 1.807) is 0 Å². The summed E-state index contributed by atoms with van der Waals surface area (Å²) in [5, 5.41) is 10.6. The molecule has 5 heteroatoms. The molecule has 1 rings (SSSR count). The summed E-state index contributed by atoms with van der Waals surface area (Å²) >= 11 is 0. The smallest absolute Gasteiger partial charge is 0.229 e. The van der Waals surface area contributed by atoms with Crippen molar-refractivity contribution in [1.29, 1.82) is 0 Å². The van der Waals surface area contributed by atoms with E-state index < -0.39 is 10.0 Å². The first-order valence-corrected chi connectivity index (χ1v) is 5.11. The molecule has 0 saturated carbocycles. The van der Waals surface area contributed by atoms with Gasteiger partial charge in [-0.2, -0.15) is 0 Å². The van der Waals surface area contributed by atoms with Gasteiger partial charge in [-0.1, -0.05) is 0 Å². The Labute approximate surface area is 70.9 Å². The average Bonchev–Trinajstić information content (AvgIpc) is 1.91. The minimum Gasteiger partial charge on any atom is -0.290 e. The quantitative estimate of drug-likeness (QED) is 0.754. The molecule has 0 spiro atoms. The summed E-state index contributed by atoms with van der Waals surface area (Å²) in [5.41, 5.74) is 0.400. The molecular formula is C7H8NO3S. The molecule has 0 saturated heterocycles. The maximum atomic E-state index is 10.7. The summed E-state index contributed by atoms with van der Waals surface area (Å²) in [7, 11) is -3.24. The Bertz CT molecular complexity index is 355. The van der Waals surface area contributed by atoms with Crippen LogP contribution in [0.2, 0.25) is 0 Å². The highest BCUT2D eigenvalue weighted by atomic mass is 32.2. The molecule has 0 heterocycles. The average molecular weight is 186 g/mol. The first-order valence-electron chi connectivity index (χ1n) is 3.22. The van der Waals surface area contributed by atoms with Crippen molar-refractivity contribution in [3.05, 3.63) is 24.3 Å². The Morgan fingerprint density at radius 1 is 1.17 bits per heavy atom. The molecule has 1 aromatic carbocycles. The second-order valence-electron chi connectivity index (χ2n) is 2.40. The van der Waals surface area contributed by atoms with Crippen LogP contribution in [0.5, 0.6) is 5.75 Å². The Kier molecular flexibility index (Phi) is 2.23. The van der Waals surface area contributed by atoms with Crippen molar-refractivity contribution in [3.63, 3.8) is 0 Å². The molecule has 0 aliphatic rings. The number of sulfonamides is 1. The van der Waals surface area contributed by atoms with Crippen LogP contribution in [0, 0.1) is 0 Å². The monoisotopic (exact) mass is 186 g/mol. The van der Waals surface area contributed by atoms with Gasteiger partial charge in [0.2, 0.25) is 10.0 Å². The lowest BCUT2D eigenvalue weighted by Gasteiger charge is -2.01. The Morgan fingerprint density at radius 3 is 2.08 bits per heavy atom. The number of anilines is 1. The molecule has 65 valence electrons. The fourth-order valence-electron chi connectivity index (χ4n) is 0.737. The van der Waals surface area contributed by atoms with Gasteiger partial charge in [-0.3, -0.25) is 9.83 Å². The Balaban J connectivity index is 2.85. The summed E-state index contributed by atoms with van der Waals surface area (Å²) in [5.74, 6) is -0.144. The van der Waals surface area contributed by atoms with Crippen molar-refractivity contribution >= 4 is 15.7 Å². The van der Waals surface area contributed by atoms with Crippen molar-refractivity contribution in [2.24, 2.45) is 0 Å². The van der Waals surface area contributed by atoms with Crippen LogP contribution in [0.25, 0.3) is 0 Å². The van der Waals surface area contributed by atoms with Gasteiger partial charge in [-0.05, 0) is 24.3 Å². The first-order chi connectivity index (χ1) is 5.47. The molecule has 0 atom stereocenters. The van der Waals surface area contributed by atoms with Crippen molar-refractivity contribution in [2.45, 2.75) is 0 Å². The summed E-state index contributed by atoms with van der Waals surface area (Å²) < 4.78 is 23.6. The molecule has 0 aliphatic carbocycles. The van der Waals surface area contributed by atoms with E-state index >= 15 is 0 Å². The number of hydrogen-bond acceptors (Lipinski definition) is 2. The molecular weight excluding hydrogens is 178 g/mol. The van der Waals surface area contributed by atoms with E-state index in [0.29, 0.717) is 5.69 Å². The second-order valence-corrected chi connectivity index (χ2v) is 4.15. The van der Waals surface area contributed by atoms with Gasteiger partial charge in [0.05, 0.1) is 6.26 Å². The van der Waals surface area contributed by atoms with Crippen LogP contribution in [0.1, 0.15) is 0 Å². The number of benzene rings is 1. The maximum Gasteiger partial charge on any atom is 0.229 e. The maximum absolute atomic E-state index is 10.7. The highest BCUT2D eigenvalue weighted by Crippen LogP contribution is 2.14. The van der Waals surface area contributed by atoms with E-state index in [1.165, 1.54) is 24.3 Å². The van der Waals surface area contributed by atoms with Crippen molar-refractivity contribution in [1.82, 2.24) is 0 Å². The highest BCUT2D eigenvalue weighted by molar-refractivity contribution is 7.92. The largest absolute Gasteiger partial charge is 0.290 e. The van der Waals surface area contributed by atoms with Crippen LogP contribution in [0.15, 0.2) is 24.3 Å². The van der Waals surface area contributed by atoms with E-state index in [-0.39, 0.29) is 5.75 Å². The zero-order valence-electron chi connectivity index (χ0n) is 6.44. The van der Waals surface area contributed by atoms with Gasteiger partial charge in [0.15, 0.2) is 5.75 Å². The third-order valence-electron chi connectivity index (χ3n) is 1.16. The Morgan fingerprint density at radius 2 is 1.67 bits per heavy atom. The minimum absolute atomic E-state index is 0.144. The molecule has 1 radical (unpaired) electrons. The van der Waals surface area contributed by atoms with Crippen molar-refractivity contribution in [3.8, 4) is 5.75 Å². The molecule has 0 bridgehead atoms. The second kappa shape index (κ2) is 3.02. The van der Waals surface area contributed by atoms with Crippen LogP contribution in [0.4, 0.5) is 5.69 Å². The summed E-state index contributed by atoms with van der Waals surface area (Å²) in [4.78, 5) is 0. The van der Waals surface area contributed by atoms with Crippen LogP contribution in [0.3, 0.4) is 0 Å². The normalized spacial score (nSPS) is 11.1. The molecule has 1 N–H and O–H groups in total. The van der Waals surface area contributed by atoms with Crippen LogP contribution >= 0.6 is 0 Å². The summed E-state index contributed by atoms with van der Waals surface area (Å²) in [6.07, 6.45) is 1.05. The van der Waals surface area contributed by atoms with E-state index in [4.69, 9.17) is 0 Å². The standard InChI is InChI=1S/C7H8NO3S/c1-12(10,11)8-6-2-4-7(9)5-3-6/h2-5,8H,1H3. The van der Waals surface area contributed by atoms with Crippen LogP contribution in [-0.2, 0) is 15.1 Å². The number of nitrogens with one attached hydrogen (secondary N) is 1. The fraction of sp³-hybridized carbons (Fsp3) is 0.143. The van der Waals surface area contributed by atoms with Gasteiger partial charge in [0.25, 0.3) is 0 Å². The molecule has 0 fully saturated rings. The van der Waals surface area contributed by atoms with Crippen LogP contribution < -0.4 is 4.72 Å². The molecule has 12 heavy (non-hydrogen) atoms. The van der Waals surface area contributed by atoms with Crippen molar-refractivity contribution in [2.75, 3.05) is 11.0 Å². The predicted octanol–water partition coefficient (Wildman–Crippen LogP) is 1.20. The third-order valence-corrected chi connectivity index (χ3v) is 1.76. The number of rotatable bonds is 2. The minimum atomic E-state index is -3.24. The zero-order valence-corrected chi connectivity index (χ0v) is 7.26. The van der Waals surface area contributed by atoms with E-state index in [2.05, 4.69) is 4.72 Å². The third kappa shape index (κ3) is 2.79. The van der Waals surface area contributed by atoms with E-state index in [1.807, 2.05) is 0 Å². The van der Waals surface area contributed by atoms with E-state index in [0.717, 1.165) is 6.26 Å². The van der Waals surface area contributed by atoms with Gasteiger partial charge >= 0.3 is 0 Å². The SMILES string of the molecule is CS(=O)(=O)Nc1ccc([O])cc1. The molecule has 1 aromatic rings. The topological polar surface area (TPSA) is 66.1 Å². The molecule has 0 unspecified atom stereocenters. The van der Waals surface area contributed by atoms with Gasteiger partial charge in [0, 0.05) is 5.69 Å². The fourth-order valence-corrected chi connectivity index (χ4v) is 1.30. The van der Waals surface area contributed by atoms with Gasteiger partial charge in [-0.15, -0.1) is 0 Å². The molecule has 0 aromatic heterocycles. The Hall–Kier alpha value is -1.23. The number of hydrogen-bond donors (Lipinski definition) is 1. The van der Waals surface area contributed by atoms with Crippen LogP contribution in [-0.4, -0.2) is 14.7 Å². The lowest BCUT2D eigenvalue weighted by Crippen LogP contribution is -2.08. The highest BCUT2D eigenvalue weighted by Gasteiger charge is 2.00. The van der Waals surface area contributed by atoms with Gasteiger partial charge in [-0.25, -0.2) is 8.42 Å². The zero-order chi connectivity index (χ0) is 9.19. The van der Waals surface area contributed by atoms with Crippen molar-refractivity contribution < 1.29 is 13.5 Å². The first kappa shape index (κ1) is 8.86. The lowest BCUT2D eigenvalue weighted by atomic mass is 10.3. The predicted molar refractivity (Wildman–Crippen MR) is 45.0 cm³/mol. The summed E-state index contributed by atoms with van der Waals surface area (Å²) in [6, 6.07) is 5.44. The van der Waals surface area contributed by atoms with E-state index in [9.17, 15) is 13.5 Å². The molecule has 0 amide bonds. The summed E-state index contributed by atoms with van der Waals surface area (Å²) in [6.45, 7) is 0. The molecule has 4 nitrogen and oxygen atoms in total. The van der Waals surface area contributed by atoms with Gasteiger partial charge in [0.1, 0.15) is 0 Å². The van der Waals surface area contributed by atoms with Gasteiger partial charge < -0.3 is 0 Å². The molecule has 0 aliphatic heterocycles.